The zero-order valence-electron chi connectivity index (χ0n) is 12.1. The lowest BCUT2D eigenvalue weighted by atomic mass is 9.82. The molecule has 5 nitrogen and oxygen atoms in total. The van der Waals surface area contributed by atoms with Crippen molar-refractivity contribution in [1.29, 1.82) is 0 Å². The van der Waals surface area contributed by atoms with Crippen LogP contribution >= 0.6 is 0 Å². The van der Waals surface area contributed by atoms with Crippen molar-refractivity contribution in [2.45, 2.75) is 38.8 Å². The Kier molecular flexibility index (Phi) is 2.85. The van der Waals surface area contributed by atoms with E-state index >= 15 is 0 Å². The third kappa shape index (κ3) is 2.00. The SMILES string of the molecule is CC(C)(C)OC(=O)[C@@H]1[C@@H]2[C@H](CN1C(=O)O)[C@@H]1C=C[C@H]2C1. The van der Waals surface area contributed by atoms with Crippen LogP contribution in [0.15, 0.2) is 12.2 Å². The number of hydrogen-bond donors (Lipinski definition) is 1. The Bertz CT molecular complexity index is 479. The largest absolute Gasteiger partial charge is 0.465 e. The lowest BCUT2D eigenvalue weighted by Gasteiger charge is -2.30. The van der Waals surface area contributed by atoms with E-state index in [0.29, 0.717) is 18.4 Å². The van der Waals surface area contributed by atoms with Crippen LogP contribution in [-0.4, -0.2) is 40.3 Å². The van der Waals surface area contributed by atoms with Crippen molar-refractivity contribution in [2.75, 3.05) is 6.54 Å². The molecule has 0 aromatic carbocycles. The van der Waals surface area contributed by atoms with Crippen LogP contribution in [0.1, 0.15) is 27.2 Å². The van der Waals surface area contributed by atoms with Crippen molar-refractivity contribution in [3.63, 3.8) is 0 Å². The van der Waals surface area contributed by atoms with Crippen LogP contribution in [0.5, 0.6) is 0 Å². The molecule has 1 heterocycles. The highest BCUT2D eigenvalue weighted by molar-refractivity contribution is 5.82. The average molecular weight is 279 g/mol. The molecule has 1 amide bonds. The second kappa shape index (κ2) is 4.24. The maximum absolute atomic E-state index is 12.4. The van der Waals surface area contributed by atoms with Gasteiger partial charge in [0.1, 0.15) is 11.6 Å². The summed E-state index contributed by atoms with van der Waals surface area (Å²) in [4.78, 5) is 25.2. The Hall–Kier alpha value is -1.52. The highest BCUT2D eigenvalue weighted by atomic mass is 16.6. The number of hydrogen-bond acceptors (Lipinski definition) is 3. The maximum atomic E-state index is 12.4. The molecular formula is C15H21NO4. The minimum atomic E-state index is -1.02. The zero-order valence-corrected chi connectivity index (χ0v) is 12.1. The molecule has 1 N–H and O–H groups in total. The molecule has 3 rings (SSSR count). The molecule has 0 aromatic rings. The van der Waals surface area contributed by atoms with E-state index in [0.717, 1.165) is 6.42 Å². The van der Waals surface area contributed by atoms with Crippen molar-refractivity contribution in [3.05, 3.63) is 12.2 Å². The van der Waals surface area contributed by atoms with Crippen molar-refractivity contribution in [1.82, 2.24) is 4.90 Å². The molecule has 1 saturated heterocycles. The Morgan fingerprint density at radius 1 is 1.25 bits per heavy atom. The number of carbonyl (C=O) groups excluding carboxylic acids is 1. The standard InChI is InChI=1S/C15H21NO4/c1-15(2,3)20-13(17)12-11-9-5-4-8(6-9)10(11)7-16(12)14(18)19/h4-5,8-12H,6-7H2,1-3H3,(H,18,19)/t8-,9+,10-,11+,12+/m1/s1. The molecule has 2 fully saturated rings. The lowest BCUT2D eigenvalue weighted by molar-refractivity contribution is -0.161. The summed E-state index contributed by atoms with van der Waals surface area (Å²) >= 11 is 0. The number of carboxylic acid groups (broad SMARTS) is 1. The van der Waals surface area contributed by atoms with Crippen molar-refractivity contribution >= 4 is 12.1 Å². The van der Waals surface area contributed by atoms with Crippen molar-refractivity contribution < 1.29 is 19.4 Å². The van der Waals surface area contributed by atoms with Crippen LogP contribution < -0.4 is 0 Å². The first kappa shape index (κ1) is 13.5. The molecule has 1 saturated carbocycles. The normalized spacial score (nSPS) is 38.1. The summed E-state index contributed by atoms with van der Waals surface area (Å²) in [7, 11) is 0. The summed E-state index contributed by atoms with van der Waals surface area (Å²) in [6.45, 7) is 5.88. The van der Waals surface area contributed by atoms with Crippen LogP contribution in [0.3, 0.4) is 0 Å². The van der Waals surface area contributed by atoms with Gasteiger partial charge in [0.2, 0.25) is 0 Å². The number of rotatable bonds is 1. The Balaban J connectivity index is 1.87. The van der Waals surface area contributed by atoms with Gasteiger partial charge in [-0.05, 0) is 44.9 Å². The molecule has 0 aromatic heterocycles. The molecule has 3 aliphatic rings. The second-order valence-corrected chi connectivity index (χ2v) is 7.10. The number of nitrogens with zero attached hydrogens (tertiary/aromatic N) is 1. The van der Waals surface area contributed by atoms with E-state index in [1.54, 1.807) is 0 Å². The third-order valence-corrected chi connectivity index (χ3v) is 4.69. The monoisotopic (exact) mass is 279 g/mol. The summed E-state index contributed by atoms with van der Waals surface area (Å²) in [6, 6.07) is -0.642. The van der Waals surface area contributed by atoms with Gasteiger partial charge in [0.05, 0.1) is 0 Å². The van der Waals surface area contributed by atoms with E-state index < -0.39 is 23.7 Å². The average Bonchev–Trinajstić information content (AvgIpc) is 2.97. The second-order valence-electron chi connectivity index (χ2n) is 7.10. The quantitative estimate of drug-likeness (QED) is 0.590. The van der Waals surface area contributed by atoms with Crippen LogP contribution in [0.25, 0.3) is 0 Å². The van der Waals surface area contributed by atoms with Crippen LogP contribution in [-0.2, 0) is 9.53 Å². The van der Waals surface area contributed by atoms with Crippen LogP contribution in [0, 0.1) is 23.7 Å². The first-order chi connectivity index (χ1) is 9.28. The van der Waals surface area contributed by atoms with Gasteiger partial charge in [0.25, 0.3) is 0 Å². The number of allylic oxidation sites excluding steroid dienone is 2. The third-order valence-electron chi connectivity index (χ3n) is 4.69. The number of fused-ring (bicyclic) bond motifs is 5. The summed E-state index contributed by atoms with van der Waals surface area (Å²) in [6.07, 6.45) is 4.37. The Morgan fingerprint density at radius 3 is 2.50 bits per heavy atom. The molecule has 5 atom stereocenters. The maximum Gasteiger partial charge on any atom is 0.408 e. The van der Waals surface area contributed by atoms with Gasteiger partial charge in [-0.1, -0.05) is 12.2 Å². The molecule has 2 aliphatic carbocycles. The first-order valence-electron chi connectivity index (χ1n) is 7.18. The van der Waals surface area contributed by atoms with Gasteiger partial charge in [0.15, 0.2) is 0 Å². The van der Waals surface area contributed by atoms with Crippen LogP contribution in [0.2, 0.25) is 0 Å². The highest BCUT2D eigenvalue weighted by Crippen LogP contribution is 2.54. The fourth-order valence-corrected chi connectivity index (χ4v) is 4.08. The Labute approximate surface area is 118 Å². The Morgan fingerprint density at radius 2 is 1.90 bits per heavy atom. The van der Waals surface area contributed by atoms with Gasteiger partial charge < -0.3 is 9.84 Å². The fourth-order valence-electron chi connectivity index (χ4n) is 4.08. The van der Waals surface area contributed by atoms with E-state index in [2.05, 4.69) is 12.2 Å². The van der Waals surface area contributed by atoms with E-state index in [1.165, 1.54) is 4.90 Å². The summed E-state index contributed by atoms with van der Waals surface area (Å²) in [5, 5.41) is 9.38. The number of esters is 1. The van der Waals surface area contributed by atoms with Gasteiger partial charge in [-0.25, -0.2) is 9.59 Å². The predicted octanol–water partition coefficient (Wildman–Crippen LogP) is 2.13. The molecule has 110 valence electrons. The lowest BCUT2D eigenvalue weighted by Crippen LogP contribution is -2.46. The number of ether oxygens (including phenoxy) is 1. The fraction of sp³-hybridized carbons (Fsp3) is 0.733. The summed E-state index contributed by atoms with van der Waals surface area (Å²) in [5.74, 6) is 0.731. The van der Waals surface area contributed by atoms with Gasteiger partial charge in [-0.2, -0.15) is 0 Å². The number of likely N-dealkylation sites (tertiary alicyclic amines) is 1. The van der Waals surface area contributed by atoms with Crippen LogP contribution in [0.4, 0.5) is 4.79 Å². The van der Waals surface area contributed by atoms with E-state index in [4.69, 9.17) is 4.74 Å². The highest BCUT2D eigenvalue weighted by Gasteiger charge is 2.58. The minimum Gasteiger partial charge on any atom is -0.465 e. The molecule has 0 radical (unpaired) electrons. The summed E-state index contributed by atoms with van der Waals surface area (Å²) in [5.41, 5.74) is -0.590. The topological polar surface area (TPSA) is 66.8 Å². The molecule has 20 heavy (non-hydrogen) atoms. The molecular weight excluding hydrogens is 258 g/mol. The zero-order chi connectivity index (χ0) is 14.7. The molecule has 1 aliphatic heterocycles. The molecule has 0 unspecified atom stereocenters. The van der Waals surface area contributed by atoms with E-state index in [1.807, 2.05) is 20.8 Å². The number of carbonyl (C=O) groups is 2. The van der Waals surface area contributed by atoms with Crippen molar-refractivity contribution in [3.8, 4) is 0 Å². The first-order valence-corrected chi connectivity index (χ1v) is 7.18. The van der Waals surface area contributed by atoms with Gasteiger partial charge >= 0.3 is 12.1 Å². The molecule has 2 bridgehead atoms. The molecule has 5 heteroatoms. The minimum absolute atomic E-state index is 0.0935. The number of amides is 1. The van der Waals surface area contributed by atoms with Gasteiger partial charge in [-0.3, -0.25) is 4.90 Å². The van der Waals surface area contributed by atoms with Crippen molar-refractivity contribution in [2.24, 2.45) is 23.7 Å². The van der Waals surface area contributed by atoms with E-state index in [-0.39, 0.29) is 11.8 Å². The van der Waals surface area contributed by atoms with Gasteiger partial charge in [-0.15, -0.1) is 0 Å². The van der Waals surface area contributed by atoms with E-state index in [9.17, 15) is 14.7 Å². The predicted molar refractivity (Wildman–Crippen MR) is 72.1 cm³/mol. The molecule has 0 spiro atoms. The smallest absolute Gasteiger partial charge is 0.408 e. The van der Waals surface area contributed by atoms with Gasteiger partial charge in [0, 0.05) is 12.5 Å². The summed E-state index contributed by atoms with van der Waals surface area (Å²) < 4.78 is 5.45.